The highest BCUT2D eigenvalue weighted by molar-refractivity contribution is 7.99. The summed E-state index contributed by atoms with van der Waals surface area (Å²) in [6.07, 6.45) is 6.02. The molecule has 1 fully saturated rings. The molecule has 1 aromatic heterocycles. The van der Waals surface area contributed by atoms with Gasteiger partial charge in [0.25, 0.3) is 5.91 Å². The molecule has 9 heteroatoms. The van der Waals surface area contributed by atoms with E-state index in [2.05, 4.69) is 44.8 Å². The average molecular weight is 431 g/mol. The molecule has 0 saturated heterocycles. The van der Waals surface area contributed by atoms with Gasteiger partial charge in [-0.15, -0.1) is 5.10 Å². The molecule has 0 bridgehead atoms. The fourth-order valence-corrected chi connectivity index (χ4v) is 4.32. The molecule has 3 N–H and O–H groups in total. The Bertz CT molecular complexity index is 828. The van der Waals surface area contributed by atoms with Gasteiger partial charge in [0.2, 0.25) is 11.1 Å². The number of hydrogen-bond donors (Lipinski definition) is 3. The quantitative estimate of drug-likeness (QED) is 0.417. The Hall–Kier alpha value is -2.55. The summed E-state index contributed by atoms with van der Waals surface area (Å²) in [7, 11) is 0. The zero-order valence-electron chi connectivity index (χ0n) is 17.6. The molecule has 1 aliphatic rings. The number of benzene rings is 1. The Balaban J connectivity index is 1.40. The van der Waals surface area contributed by atoms with Gasteiger partial charge in [-0.1, -0.05) is 37.4 Å². The number of carbonyl (C=O) groups excluding carboxylic acids is 2. The van der Waals surface area contributed by atoms with Crippen LogP contribution in [0.5, 0.6) is 0 Å². The molecule has 0 aliphatic heterocycles. The van der Waals surface area contributed by atoms with E-state index in [9.17, 15) is 9.59 Å². The van der Waals surface area contributed by atoms with Crippen LogP contribution in [0.1, 0.15) is 55.7 Å². The molecule has 0 spiro atoms. The van der Waals surface area contributed by atoms with E-state index in [0.29, 0.717) is 16.6 Å². The monoisotopic (exact) mass is 430 g/mol. The number of H-pyrrole nitrogens is 1. The second-order valence-corrected chi connectivity index (χ2v) is 8.37. The van der Waals surface area contributed by atoms with E-state index in [1.165, 1.54) is 37.4 Å². The number of rotatable bonds is 9. The van der Waals surface area contributed by atoms with Crippen molar-refractivity contribution in [3.63, 3.8) is 0 Å². The van der Waals surface area contributed by atoms with Gasteiger partial charge in [0.1, 0.15) is 5.82 Å². The van der Waals surface area contributed by atoms with Crippen molar-refractivity contribution >= 4 is 29.3 Å². The molecule has 0 unspecified atom stereocenters. The van der Waals surface area contributed by atoms with E-state index in [-0.39, 0.29) is 17.6 Å². The van der Waals surface area contributed by atoms with Crippen LogP contribution in [0.4, 0.5) is 5.69 Å². The molecule has 1 heterocycles. The maximum Gasteiger partial charge on any atom is 0.269 e. The molecule has 3 rings (SSSR count). The van der Waals surface area contributed by atoms with E-state index in [4.69, 9.17) is 0 Å². The van der Waals surface area contributed by atoms with Crippen molar-refractivity contribution in [2.24, 2.45) is 5.92 Å². The lowest BCUT2D eigenvalue weighted by Crippen LogP contribution is -2.42. The lowest BCUT2D eigenvalue weighted by Gasteiger charge is -2.21. The highest BCUT2D eigenvalue weighted by Gasteiger charge is 2.17. The maximum atomic E-state index is 12.2. The van der Waals surface area contributed by atoms with Gasteiger partial charge in [0.05, 0.1) is 5.75 Å². The number of carbonyl (C=O) groups is 2. The van der Waals surface area contributed by atoms with Crippen molar-refractivity contribution in [1.82, 2.24) is 26.0 Å². The van der Waals surface area contributed by atoms with Crippen LogP contribution in [0.3, 0.4) is 0 Å². The fourth-order valence-electron chi connectivity index (χ4n) is 3.70. The minimum absolute atomic E-state index is 0.127. The van der Waals surface area contributed by atoms with Crippen LogP contribution in [0.15, 0.2) is 29.4 Å². The summed E-state index contributed by atoms with van der Waals surface area (Å²) in [5, 5.41) is 7.68. The molecule has 8 nitrogen and oxygen atoms in total. The third kappa shape index (κ3) is 6.22. The van der Waals surface area contributed by atoms with Crippen LogP contribution in [0, 0.1) is 5.92 Å². The van der Waals surface area contributed by atoms with Crippen LogP contribution in [0.2, 0.25) is 0 Å². The Morgan fingerprint density at radius 1 is 1.13 bits per heavy atom. The largest absolute Gasteiger partial charge is 0.372 e. The van der Waals surface area contributed by atoms with E-state index < -0.39 is 0 Å². The number of hydrogen-bond acceptors (Lipinski definition) is 6. The highest BCUT2D eigenvalue weighted by atomic mass is 32.2. The minimum atomic E-state index is -0.351. The summed E-state index contributed by atoms with van der Waals surface area (Å²) in [6.45, 7) is 5.99. The molecule has 162 valence electrons. The average Bonchev–Trinajstić information content (AvgIpc) is 3.44. The van der Waals surface area contributed by atoms with Gasteiger partial charge in [-0.05, 0) is 44.0 Å². The van der Waals surface area contributed by atoms with Crippen LogP contribution in [-0.2, 0) is 11.2 Å². The molecule has 30 heavy (non-hydrogen) atoms. The van der Waals surface area contributed by atoms with Crippen molar-refractivity contribution in [2.75, 3.05) is 23.7 Å². The molecule has 1 aromatic carbocycles. The smallest absolute Gasteiger partial charge is 0.269 e. The molecule has 1 aliphatic carbocycles. The first-order chi connectivity index (χ1) is 14.6. The summed E-state index contributed by atoms with van der Waals surface area (Å²) in [6, 6.07) is 7.32. The van der Waals surface area contributed by atoms with Gasteiger partial charge in [-0.3, -0.25) is 25.5 Å². The molecule has 2 amide bonds. The van der Waals surface area contributed by atoms with Crippen LogP contribution < -0.4 is 15.8 Å². The van der Waals surface area contributed by atoms with Crippen molar-refractivity contribution < 1.29 is 9.59 Å². The summed E-state index contributed by atoms with van der Waals surface area (Å²) in [5.74, 6) is 1.04. The number of amides is 2. The van der Waals surface area contributed by atoms with Gasteiger partial charge >= 0.3 is 0 Å². The van der Waals surface area contributed by atoms with Crippen LogP contribution >= 0.6 is 11.8 Å². The molecular formula is C21H30N6O2S. The third-order valence-corrected chi connectivity index (χ3v) is 6.22. The minimum Gasteiger partial charge on any atom is -0.372 e. The number of anilines is 1. The summed E-state index contributed by atoms with van der Waals surface area (Å²) in [4.78, 5) is 30.9. The standard InChI is InChI=1S/C21H30N6O2S/c1-3-27(4-2)17-11-9-16(10-12-17)20(29)25-24-19(28)14-30-21-22-18(23-26-21)13-15-7-5-6-8-15/h9-12,15H,3-8,13-14H2,1-2H3,(H,24,28)(H,25,29)(H,22,23,26). The van der Waals surface area contributed by atoms with E-state index in [1.54, 1.807) is 12.1 Å². The zero-order valence-corrected chi connectivity index (χ0v) is 18.4. The predicted molar refractivity (Wildman–Crippen MR) is 118 cm³/mol. The van der Waals surface area contributed by atoms with Crippen molar-refractivity contribution in [3.8, 4) is 0 Å². The zero-order chi connectivity index (χ0) is 21.3. The fraction of sp³-hybridized carbons (Fsp3) is 0.524. The number of aromatic nitrogens is 3. The van der Waals surface area contributed by atoms with E-state index in [1.807, 2.05) is 12.1 Å². The number of nitrogens with zero attached hydrogens (tertiary/aromatic N) is 3. The van der Waals surface area contributed by atoms with Gasteiger partial charge in [0.15, 0.2) is 0 Å². The van der Waals surface area contributed by atoms with Crippen molar-refractivity contribution in [1.29, 1.82) is 0 Å². The van der Waals surface area contributed by atoms with Gasteiger partial charge < -0.3 is 4.90 Å². The maximum absolute atomic E-state index is 12.2. The Morgan fingerprint density at radius 2 is 1.83 bits per heavy atom. The molecule has 1 saturated carbocycles. The number of aromatic amines is 1. The van der Waals surface area contributed by atoms with E-state index in [0.717, 1.165) is 31.0 Å². The number of nitrogens with one attached hydrogen (secondary N) is 3. The molecular weight excluding hydrogens is 400 g/mol. The van der Waals surface area contributed by atoms with Crippen LogP contribution in [0.25, 0.3) is 0 Å². The summed E-state index contributed by atoms with van der Waals surface area (Å²) < 4.78 is 0. The first kappa shape index (κ1) is 22.1. The SMILES string of the molecule is CCN(CC)c1ccc(C(=O)NNC(=O)CSc2n[nH]c(CC3CCCC3)n2)cc1. The second kappa shape index (κ2) is 11.0. The normalized spacial score (nSPS) is 13.9. The summed E-state index contributed by atoms with van der Waals surface area (Å²) in [5.41, 5.74) is 6.45. The van der Waals surface area contributed by atoms with Crippen molar-refractivity contribution in [2.45, 2.75) is 51.1 Å². The molecule has 0 atom stereocenters. The Labute approximate surface area is 181 Å². The topological polar surface area (TPSA) is 103 Å². The third-order valence-electron chi connectivity index (χ3n) is 5.37. The van der Waals surface area contributed by atoms with Gasteiger partial charge in [-0.25, -0.2) is 4.98 Å². The second-order valence-electron chi connectivity index (χ2n) is 7.43. The molecule has 2 aromatic rings. The summed E-state index contributed by atoms with van der Waals surface area (Å²) >= 11 is 1.24. The molecule has 0 radical (unpaired) electrons. The first-order valence-electron chi connectivity index (χ1n) is 10.6. The Kier molecular flexibility index (Phi) is 8.12. The lowest BCUT2D eigenvalue weighted by atomic mass is 10.0. The van der Waals surface area contributed by atoms with E-state index >= 15 is 0 Å². The number of hydrazine groups is 1. The number of thioether (sulfide) groups is 1. The van der Waals surface area contributed by atoms with Gasteiger partial charge in [-0.2, -0.15) is 0 Å². The first-order valence-corrected chi connectivity index (χ1v) is 11.6. The predicted octanol–water partition coefficient (Wildman–Crippen LogP) is 2.94. The van der Waals surface area contributed by atoms with Crippen molar-refractivity contribution in [3.05, 3.63) is 35.7 Å². The highest BCUT2D eigenvalue weighted by Crippen LogP contribution is 2.27. The van der Waals surface area contributed by atoms with Crippen LogP contribution in [-0.4, -0.2) is 45.8 Å². The lowest BCUT2D eigenvalue weighted by molar-refractivity contribution is -0.119. The van der Waals surface area contributed by atoms with Gasteiger partial charge in [0, 0.05) is 30.8 Å². The Morgan fingerprint density at radius 3 is 2.50 bits per heavy atom.